The van der Waals surface area contributed by atoms with E-state index in [1.165, 1.54) is 32.1 Å². The Balaban J connectivity index is 2.20. The smallest absolute Gasteiger partial charge is 0.305 e. The van der Waals surface area contributed by atoms with E-state index in [0.29, 0.717) is 6.04 Å². The molecule has 1 N–H and O–H groups in total. The first-order valence-corrected chi connectivity index (χ1v) is 7.75. The highest BCUT2D eigenvalue weighted by Crippen LogP contribution is 2.32. The minimum absolute atomic E-state index is 0.00167. The SMILES string of the molecule is CCN(C1CCCCC1)C(CC(=O)O)c1ccccc1. The van der Waals surface area contributed by atoms with Gasteiger partial charge in [0.2, 0.25) is 0 Å². The van der Waals surface area contributed by atoms with Crippen molar-refractivity contribution in [3.8, 4) is 0 Å². The van der Waals surface area contributed by atoms with Crippen molar-refractivity contribution in [3.63, 3.8) is 0 Å². The highest BCUT2D eigenvalue weighted by Gasteiger charge is 2.28. The van der Waals surface area contributed by atoms with Gasteiger partial charge in [-0.2, -0.15) is 0 Å². The summed E-state index contributed by atoms with van der Waals surface area (Å²) < 4.78 is 0. The largest absolute Gasteiger partial charge is 0.481 e. The molecule has 0 amide bonds. The number of aliphatic carboxylic acids is 1. The minimum Gasteiger partial charge on any atom is -0.481 e. The minimum atomic E-state index is -0.715. The molecule has 0 bridgehead atoms. The van der Waals surface area contributed by atoms with Gasteiger partial charge >= 0.3 is 5.97 Å². The molecule has 3 heteroatoms. The third kappa shape index (κ3) is 3.83. The van der Waals surface area contributed by atoms with Gasteiger partial charge in [0.1, 0.15) is 0 Å². The fourth-order valence-corrected chi connectivity index (χ4v) is 3.41. The molecule has 1 unspecified atom stereocenters. The van der Waals surface area contributed by atoms with Crippen molar-refractivity contribution in [1.82, 2.24) is 4.90 Å². The Labute approximate surface area is 121 Å². The maximum atomic E-state index is 11.3. The molecule has 1 aliphatic carbocycles. The van der Waals surface area contributed by atoms with E-state index < -0.39 is 5.97 Å². The molecule has 2 rings (SSSR count). The molecule has 1 aromatic carbocycles. The maximum absolute atomic E-state index is 11.3. The fourth-order valence-electron chi connectivity index (χ4n) is 3.41. The Morgan fingerprint density at radius 2 is 1.90 bits per heavy atom. The van der Waals surface area contributed by atoms with E-state index in [4.69, 9.17) is 0 Å². The van der Waals surface area contributed by atoms with Crippen LogP contribution in [0.4, 0.5) is 0 Å². The van der Waals surface area contributed by atoms with Gasteiger partial charge in [0.25, 0.3) is 0 Å². The highest BCUT2D eigenvalue weighted by atomic mass is 16.4. The van der Waals surface area contributed by atoms with Crippen LogP contribution in [0.5, 0.6) is 0 Å². The first-order valence-electron chi connectivity index (χ1n) is 7.75. The Morgan fingerprint density at radius 3 is 2.45 bits per heavy atom. The molecular formula is C17H25NO2. The summed E-state index contributed by atoms with van der Waals surface area (Å²) in [6.07, 6.45) is 6.47. The van der Waals surface area contributed by atoms with E-state index in [9.17, 15) is 9.90 Å². The Morgan fingerprint density at radius 1 is 1.25 bits per heavy atom. The van der Waals surface area contributed by atoms with Crippen molar-refractivity contribution in [2.75, 3.05) is 6.54 Å². The lowest BCUT2D eigenvalue weighted by atomic mass is 9.91. The van der Waals surface area contributed by atoms with Gasteiger partial charge in [0, 0.05) is 12.1 Å². The van der Waals surface area contributed by atoms with Crippen LogP contribution in [0.3, 0.4) is 0 Å². The second kappa shape index (κ2) is 7.44. The van der Waals surface area contributed by atoms with E-state index in [0.717, 1.165) is 12.1 Å². The lowest BCUT2D eigenvalue weighted by Gasteiger charge is -2.39. The molecule has 0 aliphatic heterocycles. The molecule has 20 heavy (non-hydrogen) atoms. The quantitative estimate of drug-likeness (QED) is 0.857. The summed E-state index contributed by atoms with van der Waals surface area (Å²) >= 11 is 0. The number of carboxylic acid groups (broad SMARTS) is 1. The van der Waals surface area contributed by atoms with Gasteiger partial charge in [-0.05, 0) is 24.9 Å². The van der Waals surface area contributed by atoms with Gasteiger partial charge in [-0.15, -0.1) is 0 Å². The van der Waals surface area contributed by atoms with E-state index in [1.54, 1.807) is 0 Å². The Bertz CT molecular complexity index is 412. The third-order valence-electron chi connectivity index (χ3n) is 4.36. The van der Waals surface area contributed by atoms with Crippen molar-refractivity contribution < 1.29 is 9.90 Å². The molecule has 0 heterocycles. The Kier molecular flexibility index (Phi) is 5.60. The average molecular weight is 275 g/mol. The molecule has 1 aliphatic rings. The topological polar surface area (TPSA) is 40.5 Å². The number of hydrogen-bond acceptors (Lipinski definition) is 2. The molecule has 1 saturated carbocycles. The van der Waals surface area contributed by atoms with E-state index in [2.05, 4.69) is 24.0 Å². The number of hydrogen-bond donors (Lipinski definition) is 1. The van der Waals surface area contributed by atoms with Crippen LogP contribution in [0.15, 0.2) is 30.3 Å². The van der Waals surface area contributed by atoms with Gasteiger partial charge in [-0.1, -0.05) is 56.5 Å². The van der Waals surface area contributed by atoms with Gasteiger partial charge in [-0.25, -0.2) is 0 Å². The van der Waals surface area contributed by atoms with Crippen molar-refractivity contribution in [2.24, 2.45) is 0 Å². The summed E-state index contributed by atoms with van der Waals surface area (Å²) in [5, 5.41) is 9.26. The van der Waals surface area contributed by atoms with Crippen LogP contribution in [0, 0.1) is 0 Å². The number of rotatable bonds is 6. The summed E-state index contributed by atoms with van der Waals surface area (Å²) in [6, 6.07) is 10.6. The van der Waals surface area contributed by atoms with E-state index >= 15 is 0 Å². The molecule has 110 valence electrons. The van der Waals surface area contributed by atoms with Gasteiger partial charge < -0.3 is 5.11 Å². The highest BCUT2D eigenvalue weighted by molar-refractivity contribution is 5.68. The van der Waals surface area contributed by atoms with Gasteiger partial charge in [-0.3, -0.25) is 9.69 Å². The summed E-state index contributed by atoms with van der Waals surface area (Å²) in [4.78, 5) is 13.7. The second-order valence-electron chi connectivity index (χ2n) is 5.65. The van der Waals surface area contributed by atoms with E-state index in [1.807, 2.05) is 18.2 Å². The molecule has 3 nitrogen and oxygen atoms in total. The molecule has 0 radical (unpaired) electrons. The predicted octanol–water partition coefficient (Wildman–Crippen LogP) is 3.86. The van der Waals surface area contributed by atoms with Crippen molar-refractivity contribution >= 4 is 5.97 Å². The van der Waals surface area contributed by atoms with Crippen LogP contribution in [-0.4, -0.2) is 28.6 Å². The molecule has 1 aromatic rings. The number of benzene rings is 1. The standard InChI is InChI=1S/C17H25NO2/c1-2-18(15-11-7-4-8-12-15)16(13-17(19)20)14-9-5-3-6-10-14/h3,5-6,9-10,15-16H,2,4,7-8,11-13H2,1H3,(H,19,20). The van der Waals surface area contributed by atoms with Crippen LogP contribution in [-0.2, 0) is 4.79 Å². The zero-order valence-electron chi connectivity index (χ0n) is 12.3. The number of nitrogens with zero attached hydrogens (tertiary/aromatic N) is 1. The number of carbonyl (C=O) groups is 1. The predicted molar refractivity (Wildman–Crippen MR) is 80.7 cm³/mol. The van der Waals surface area contributed by atoms with Crippen LogP contribution < -0.4 is 0 Å². The maximum Gasteiger partial charge on any atom is 0.305 e. The van der Waals surface area contributed by atoms with Gasteiger partial charge in [0.15, 0.2) is 0 Å². The van der Waals surface area contributed by atoms with E-state index in [-0.39, 0.29) is 12.5 Å². The van der Waals surface area contributed by atoms with Crippen LogP contribution in [0.2, 0.25) is 0 Å². The Hall–Kier alpha value is -1.35. The first kappa shape index (κ1) is 15.0. The zero-order chi connectivity index (χ0) is 14.4. The van der Waals surface area contributed by atoms with Crippen molar-refractivity contribution in [1.29, 1.82) is 0 Å². The second-order valence-corrected chi connectivity index (χ2v) is 5.65. The third-order valence-corrected chi connectivity index (χ3v) is 4.36. The molecule has 0 saturated heterocycles. The monoisotopic (exact) mass is 275 g/mol. The van der Waals surface area contributed by atoms with Crippen LogP contribution in [0.1, 0.15) is 57.1 Å². The first-order chi connectivity index (χ1) is 9.72. The number of carboxylic acids is 1. The molecule has 1 atom stereocenters. The van der Waals surface area contributed by atoms with Crippen molar-refractivity contribution in [3.05, 3.63) is 35.9 Å². The fraction of sp³-hybridized carbons (Fsp3) is 0.588. The lowest BCUT2D eigenvalue weighted by molar-refractivity contribution is -0.138. The average Bonchev–Trinajstić information content (AvgIpc) is 2.49. The summed E-state index contributed by atoms with van der Waals surface area (Å²) in [7, 11) is 0. The van der Waals surface area contributed by atoms with Crippen molar-refractivity contribution in [2.45, 2.75) is 57.5 Å². The molecular weight excluding hydrogens is 250 g/mol. The lowest BCUT2D eigenvalue weighted by Crippen LogP contribution is -2.40. The zero-order valence-corrected chi connectivity index (χ0v) is 12.3. The summed E-state index contributed by atoms with van der Waals surface area (Å²) in [6.45, 7) is 3.06. The molecule has 1 fully saturated rings. The van der Waals surface area contributed by atoms with Gasteiger partial charge in [0.05, 0.1) is 6.42 Å². The summed E-state index contributed by atoms with van der Waals surface area (Å²) in [5.74, 6) is -0.715. The summed E-state index contributed by atoms with van der Waals surface area (Å²) in [5.41, 5.74) is 1.13. The molecule has 0 spiro atoms. The normalized spacial score (nSPS) is 18.1. The van der Waals surface area contributed by atoms with Crippen LogP contribution >= 0.6 is 0 Å². The van der Waals surface area contributed by atoms with Crippen LogP contribution in [0.25, 0.3) is 0 Å². The molecule has 0 aromatic heterocycles.